The zero-order chi connectivity index (χ0) is 18.5. The first-order valence-electron chi connectivity index (χ1n) is 8.77. The van der Waals surface area contributed by atoms with Gasteiger partial charge in [-0.15, -0.1) is 0 Å². The average molecular weight is 356 g/mol. The molecule has 6 nitrogen and oxygen atoms in total. The number of methoxy groups -OCH3 is 1. The highest BCUT2D eigenvalue weighted by Crippen LogP contribution is 2.16. The molecule has 2 heterocycles. The molecule has 3 rings (SSSR count). The van der Waals surface area contributed by atoms with Crippen molar-refractivity contribution >= 4 is 11.8 Å². The molecule has 6 heteroatoms. The molecule has 0 atom stereocenters. The maximum absolute atomic E-state index is 12.6. The van der Waals surface area contributed by atoms with Crippen molar-refractivity contribution in [3.05, 3.63) is 59.0 Å². The number of hydrogen-bond acceptors (Lipinski definition) is 4. The van der Waals surface area contributed by atoms with Gasteiger partial charge in [-0.2, -0.15) is 0 Å². The Morgan fingerprint density at radius 2 is 2.04 bits per heavy atom. The third kappa shape index (κ3) is 4.32. The molecule has 1 aliphatic heterocycles. The minimum atomic E-state index is -0.183. The second-order valence-electron chi connectivity index (χ2n) is 6.55. The molecule has 0 aliphatic carbocycles. The van der Waals surface area contributed by atoms with Gasteiger partial charge >= 0.3 is 0 Å². The summed E-state index contributed by atoms with van der Waals surface area (Å²) in [6.45, 7) is 4.36. The molecule has 138 valence electrons. The summed E-state index contributed by atoms with van der Waals surface area (Å²) in [7, 11) is 1.58. The molecule has 1 aromatic heterocycles. The van der Waals surface area contributed by atoms with Crippen LogP contribution in [0.1, 0.15) is 33.9 Å². The molecule has 1 fully saturated rings. The Labute approximate surface area is 153 Å². The predicted molar refractivity (Wildman–Crippen MR) is 96.5 cm³/mol. The third-order valence-electron chi connectivity index (χ3n) is 4.49. The number of nitrogens with zero attached hydrogens (tertiary/aromatic N) is 2. The number of rotatable bonds is 5. The number of ether oxygens (including phenoxy) is 1. The molecule has 0 N–H and O–H groups in total. The smallest absolute Gasteiger partial charge is 0.289 e. The van der Waals surface area contributed by atoms with Gasteiger partial charge in [-0.1, -0.05) is 29.8 Å². The maximum Gasteiger partial charge on any atom is 0.289 e. The highest BCUT2D eigenvalue weighted by Gasteiger charge is 2.26. The van der Waals surface area contributed by atoms with Gasteiger partial charge in [-0.3, -0.25) is 9.59 Å². The number of benzene rings is 1. The van der Waals surface area contributed by atoms with Gasteiger partial charge < -0.3 is 19.0 Å². The van der Waals surface area contributed by atoms with E-state index in [-0.39, 0.29) is 17.6 Å². The Hall–Kier alpha value is -2.60. The molecule has 26 heavy (non-hydrogen) atoms. The van der Waals surface area contributed by atoms with Gasteiger partial charge in [0.1, 0.15) is 12.4 Å². The zero-order valence-corrected chi connectivity index (χ0v) is 15.2. The fraction of sp³-hybridized carbons (Fsp3) is 0.400. The molecule has 0 radical (unpaired) electrons. The van der Waals surface area contributed by atoms with Crippen LogP contribution in [-0.2, 0) is 22.7 Å². The van der Waals surface area contributed by atoms with Crippen LogP contribution in [0.15, 0.2) is 40.8 Å². The maximum atomic E-state index is 12.6. The second kappa shape index (κ2) is 8.19. The van der Waals surface area contributed by atoms with Gasteiger partial charge in [0.15, 0.2) is 5.76 Å². The summed E-state index contributed by atoms with van der Waals surface area (Å²) in [5.41, 5.74) is 2.28. The molecule has 2 aromatic rings. The molecule has 1 aromatic carbocycles. The molecule has 0 bridgehead atoms. The number of hydrogen-bond donors (Lipinski definition) is 0. The summed E-state index contributed by atoms with van der Waals surface area (Å²) in [5, 5.41) is 0. The molecule has 1 aliphatic rings. The number of carbonyl (C=O) groups is 2. The van der Waals surface area contributed by atoms with Crippen LogP contribution < -0.4 is 0 Å². The van der Waals surface area contributed by atoms with E-state index in [1.165, 1.54) is 5.56 Å². The Balaban J connectivity index is 1.64. The van der Waals surface area contributed by atoms with E-state index in [4.69, 9.17) is 9.15 Å². The van der Waals surface area contributed by atoms with Crippen LogP contribution in [0.25, 0.3) is 0 Å². The van der Waals surface area contributed by atoms with Crippen LogP contribution in [0.3, 0.4) is 0 Å². The van der Waals surface area contributed by atoms with Gasteiger partial charge in [0, 0.05) is 39.7 Å². The molecule has 0 spiro atoms. The first-order chi connectivity index (χ1) is 12.6. The lowest BCUT2D eigenvalue weighted by molar-refractivity contribution is -0.130. The minimum absolute atomic E-state index is 0.0707. The van der Waals surface area contributed by atoms with Crippen molar-refractivity contribution < 1.29 is 18.7 Å². The van der Waals surface area contributed by atoms with E-state index in [1.54, 1.807) is 24.1 Å². The molecule has 1 saturated heterocycles. The van der Waals surface area contributed by atoms with E-state index in [9.17, 15) is 9.59 Å². The lowest BCUT2D eigenvalue weighted by Gasteiger charge is -2.22. The standard InChI is InChI=1S/C20H24N2O4/c1-15-4-3-5-16(12-15)13-22-11-10-21(9-8-19(22)23)20(24)18-7-6-17(26-18)14-25-2/h3-7,12H,8-11,13-14H2,1-2H3. The zero-order valence-electron chi connectivity index (χ0n) is 15.2. The predicted octanol–water partition coefficient (Wildman–Crippen LogP) is 2.61. The van der Waals surface area contributed by atoms with Crippen molar-refractivity contribution in [1.29, 1.82) is 0 Å². The van der Waals surface area contributed by atoms with E-state index in [0.29, 0.717) is 45.0 Å². The molecule has 2 amide bonds. The van der Waals surface area contributed by atoms with E-state index < -0.39 is 0 Å². The SMILES string of the molecule is COCc1ccc(C(=O)N2CCC(=O)N(Cc3cccc(C)c3)CC2)o1. The van der Waals surface area contributed by atoms with Crippen LogP contribution in [0, 0.1) is 6.92 Å². The monoisotopic (exact) mass is 356 g/mol. The van der Waals surface area contributed by atoms with Gasteiger partial charge in [0.2, 0.25) is 5.91 Å². The van der Waals surface area contributed by atoms with Gasteiger partial charge in [0.05, 0.1) is 0 Å². The van der Waals surface area contributed by atoms with Crippen LogP contribution in [-0.4, -0.2) is 48.4 Å². The van der Waals surface area contributed by atoms with E-state index >= 15 is 0 Å². The summed E-state index contributed by atoms with van der Waals surface area (Å²) < 4.78 is 10.5. The lowest BCUT2D eigenvalue weighted by atomic mass is 10.1. The minimum Gasteiger partial charge on any atom is -0.453 e. The summed E-state index contributed by atoms with van der Waals surface area (Å²) in [6, 6.07) is 11.5. The Morgan fingerprint density at radius 3 is 2.81 bits per heavy atom. The van der Waals surface area contributed by atoms with Crippen molar-refractivity contribution in [3.8, 4) is 0 Å². The number of aryl methyl sites for hydroxylation is 1. The Kier molecular flexibility index (Phi) is 5.73. The van der Waals surface area contributed by atoms with Gasteiger partial charge in [0.25, 0.3) is 5.91 Å². The van der Waals surface area contributed by atoms with Gasteiger partial charge in [-0.05, 0) is 24.6 Å². The highest BCUT2D eigenvalue weighted by atomic mass is 16.5. The van der Waals surface area contributed by atoms with Crippen LogP contribution in [0.5, 0.6) is 0 Å². The van der Waals surface area contributed by atoms with Crippen molar-refractivity contribution in [2.45, 2.75) is 26.5 Å². The third-order valence-corrected chi connectivity index (χ3v) is 4.49. The van der Waals surface area contributed by atoms with Crippen molar-refractivity contribution in [3.63, 3.8) is 0 Å². The average Bonchev–Trinajstić information content (AvgIpc) is 3.01. The molecule has 0 saturated carbocycles. The van der Waals surface area contributed by atoms with Crippen LogP contribution in [0.4, 0.5) is 0 Å². The topological polar surface area (TPSA) is 63.0 Å². The van der Waals surface area contributed by atoms with Crippen LogP contribution in [0.2, 0.25) is 0 Å². The van der Waals surface area contributed by atoms with E-state index in [0.717, 1.165) is 5.56 Å². The normalized spacial score (nSPS) is 15.2. The number of furan rings is 1. The Bertz CT molecular complexity index is 784. The Morgan fingerprint density at radius 1 is 1.19 bits per heavy atom. The number of carbonyl (C=O) groups excluding carboxylic acids is 2. The summed E-state index contributed by atoms with van der Waals surface area (Å²) in [4.78, 5) is 28.6. The fourth-order valence-electron chi connectivity index (χ4n) is 3.14. The first kappa shape index (κ1) is 18.2. The highest BCUT2D eigenvalue weighted by molar-refractivity contribution is 5.92. The number of amides is 2. The lowest BCUT2D eigenvalue weighted by Crippen LogP contribution is -2.35. The summed E-state index contributed by atoms with van der Waals surface area (Å²) >= 11 is 0. The van der Waals surface area contributed by atoms with E-state index in [2.05, 4.69) is 6.07 Å². The quantitative estimate of drug-likeness (QED) is 0.826. The largest absolute Gasteiger partial charge is 0.453 e. The molecular formula is C20H24N2O4. The second-order valence-corrected chi connectivity index (χ2v) is 6.55. The van der Waals surface area contributed by atoms with Crippen LogP contribution >= 0.6 is 0 Å². The van der Waals surface area contributed by atoms with Crippen molar-refractivity contribution in [1.82, 2.24) is 9.80 Å². The first-order valence-corrected chi connectivity index (χ1v) is 8.77. The van der Waals surface area contributed by atoms with E-state index in [1.807, 2.05) is 30.0 Å². The fourth-order valence-corrected chi connectivity index (χ4v) is 3.14. The summed E-state index contributed by atoms with van der Waals surface area (Å²) in [6.07, 6.45) is 0.323. The van der Waals surface area contributed by atoms with Gasteiger partial charge in [-0.25, -0.2) is 0 Å². The summed E-state index contributed by atoms with van der Waals surface area (Å²) in [5.74, 6) is 0.790. The molecule has 0 unspecified atom stereocenters. The molecular weight excluding hydrogens is 332 g/mol. The van der Waals surface area contributed by atoms with Crippen molar-refractivity contribution in [2.24, 2.45) is 0 Å². The van der Waals surface area contributed by atoms with Crippen molar-refractivity contribution in [2.75, 3.05) is 26.7 Å².